The molecule has 0 saturated carbocycles. The summed E-state index contributed by atoms with van der Waals surface area (Å²) in [4.78, 5) is 9.76. The lowest BCUT2D eigenvalue weighted by atomic mass is 10.1. The lowest BCUT2D eigenvalue weighted by Crippen LogP contribution is -2.50. The van der Waals surface area contributed by atoms with Gasteiger partial charge in [0.05, 0.1) is 30.1 Å². The summed E-state index contributed by atoms with van der Waals surface area (Å²) < 4.78 is 8.09. The van der Waals surface area contributed by atoms with Gasteiger partial charge in [-0.1, -0.05) is 6.07 Å². The van der Waals surface area contributed by atoms with Gasteiger partial charge in [0.25, 0.3) is 0 Å². The van der Waals surface area contributed by atoms with Crippen LogP contribution in [0.5, 0.6) is 0 Å². The minimum Gasteiger partial charge on any atom is -0.374 e. The zero-order valence-electron chi connectivity index (χ0n) is 16.3. The number of hydrogen-bond acceptors (Lipinski definition) is 5. The van der Waals surface area contributed by atoms with Crippen LogP contribution in [0.4, 0.5) is 0 Å². The summed E-state index contributed by atoms with van der Waals surface area (Å²) in [5.74, 6) is 0. The molecule has 2 saturated heterocycles. The molecule has 6 nitrogen and oxygen atoms in total. The molecule has 140 valence electrons. The quantitative estimate of drug-likeness (QED) is 0.837. The average Bonchev–Trinajstić information content (AvgIpc) is 3.12. The fourth-order valence-electron chi connectivity index (χ4n) is 4.33. The second-order valence-electron chi connectivity index (χ2n) is 7.68. The van der Waals surface area contributed by atoms with Crippen molar-refractivity contribution in [2.45, 2.75) is 46.0 Å². The lowest BCUT2D eigenvalue weighted by Gasteiger charge is -2.36. The summed E-state index contributed by atoms with van der Waals surface area (Å²) in [5.41, 5.74) is 6.00. The van der Waals surface area contributed by atoms with E-state index in [1.54, 1.807) is 0 Å². The SMILES string of the molecule is Cc1cccc(CN2CCO[C@H]3CN(Cc4c(C)nn(C)c4C)C[C@@H]32)n1. The van der Waals surface area contributed by atoms with Crippen LogP contribution in [0.1, 0.15) is 28.3 Å². The van der Waals surface area contributed by atoms with E-state index in [2.05, 4.69) is 58.9 Å². The van der Waals surface area contributed by atoms with E-state index < -0.39 is 0 Å². The third-order valence-electron chi connectivity index (χ3n) is 5.84. The second kappa shape index (κ2) is 7.10. The van der Waals surface area contributed by atoms with Gasteiger partial charge < -0.3 is 4.74 Å². The number of morpholine rings is 1. The van der Waals surface area contributed by atoms with E-state index >= 15 is 0 Å². The zero-order chi connectivity index (χ0) is 18.3. The van der Waals surface area contributed by atoms with Crippen molar-refractivity contribution >= 4 is 0 Å². The summed E-state index contributed by atoms with van der Waals surface area (Å²) in [6.45, 7) is 12.0. The maximum Gasteiger partial charge on any atom is 0.0870 e. The Morgan fingerprint density at radius 1 is 1.15 bits per heavy atom. The normalized spacial score (nSPS) is 24.2. The molecule has 2 atom stereocenters. The molecule has 2 aromatic heterocycles. The van der Waals surface area contributed by atoms with Crippen LogP contribution in [0.3, 0.4) is 0 Å². The Hall–Kier alpha value is -1.76. The molecular weight excluding hydrogens is 326 g/mol. The Morgan fingerprint density at radius 2 is 2.00 bits per heavy atom. The highest BCUT2D eigenvalue weighted by atomic mass is 16.5. The molecule has 26 heavy (non-hydrogen) atoms. The molecule has 2 fully saturated rings. The monoisotopic (exact) mass is 355 g/mol. The number of fused-ring (bicyclic) bond motifs is 1. The Bertz CT molecular complexity index is 787. The molecule has 4 rings (SSSR count). The Morgan fingerprint density at radius 3 is 2.73 bits per heavy atom. The molecule has 0 aliphatic carbocycles. The van der Waals surface area contributed by atoms with E-state index in [1.807, 2.05) is 11.7 Å². The summed E-state index contributed by atoms with van der Waals surface area (Å²) >= 11 is 0. The zero-order valence-corrected chi connectivity index (χ0v) is 16.3. The number of pyridine rings is 1. The summed E-state index contributed by atoms with van der Waals surface area (Å²) in [6, 6.07) is 6.74. The van der Waals surface area contributed by atoms with E-state index in [9.17, 15) is 0 Å². The van der Waals surface area contributed by atoms with Crippen LogP contribution in [0.15, 0.2) is 18.2 Å². The molecule has 0 N–H and O–H groups in total. The van der Waals surface area contributed by atoms with Crippen LogP contribution < -0.4 is 0 Å². The van der Waals surface area contributed by atoms with E-state index in [-0.39, 0.29) is 0 Å². The highest BCUT2D eigenvalue weighted by Crippen LogP contribution is 2.26. The smallest absolute Gasteiger partial charge is 0.0870 e. The Balaban J connectivity index is 1.46. The molecule has 0 bridgehead atoms. The molecule has 0 radical (unpaired) electrons. The topological polar surface area (TPSA) is 46.4 Å². The van der Waals surface area contributed by atoms with Gasteiger partial charge in [0.15, 0.2) is 0 Å². The highest BCUT2D eigenvalue weighted by Gasteiger charge is 2.40. The third-order valence-corrected chi connectivity index (χ3v) is 5.84. The minimum atomic E-state index is 0.297. The molecule has 0 unspecified atom stereocenters. The minimum absolute atomic E-state index is 0.297. The molecule has 2 aliphatic rings. The van der Waals surface area contributed by atoms with Crippen LogP contribution in [-0.2, 0) is 24.9 Å². The van der Waals surface area contributed by atoms with Crippen LogP contribution >= 0.6 is 0 Å². The molecule has 0 aromatic carbocycles. The first-order chi connectivity index (χ1) is 12.5. The first-order valence-electron chi connectivity index (χ1n) is 9.51. The van der Waals surface area contributed by atoms with Gasteiger partial charge in [0.1, 0.15) is 0 Å². The van der Waals surface area contributed by atoms with Crippen LogP contribution in [-0.4, -0.2) is 63.0 Å². The van der Waals surface area contributed by atoms with Crippen molar-refractivity contribution in [3.05, 3.63) is 46.5 Å². The number of aryl methyl sites for hydroxylation is 3. The van der Waals surface area contributed by atoms with Crippen molar-refractivity contribution < 1.29 is 4.74 Å². The van der Waals surface area contributed by atoms with Gasteiger partial charge in [0, 0.05) is 56.7 Å². The predicted octanol–water partition coefficient (Wildman–Crippen LogP) is 1.83. The number of hydrogen-bond donors (Lipinski definition) is 0. The van der Waals surface area contributed by atoms with Gasteiger partial charge >= 0.3 is 0 Å². The van der Waals surface area contributed by atoms with Crippen molar-refractivity contribution in [1.29, 1.82) is 0 Å². The van der Waals surface area contributed by atoms with E-state index in [4.69, 9.17) is 4.74 Å². The molecule has 0 spiro atoms. The Kier molecular flexibility index (Phi) is 4.82. The summed E-state index contributed by atoms with van der Waals surface area (Å²) in [6.07, 6.45) is 0.297. The Labute approximate surface area is 155 Å². The van der Waals surface area contributed by atoms with Gasteiger partial charge in [-0.15, -0.1) is 0 Å². The molecule has 2 aliphatic heterocycles. The van der Waals surface area contributed by atoms with E-state index in [0.717, 1.165) is 56.4 Å². The molecule has 6 heteroatoms. The number of nitrogens with zero attached hydrogens (tertiary/aromatic N) is 5. The van der Waals surface area contributed by atoms with E-state index in [0.29, 0.717) is 12.1 Å². The fourth-order valence-corrected chi connectivity index (χ4v) is 4.33. The first kappa shape index (κ1) is 17.6. The van der Waals surface area contributed by atoms with Crippen LogP contribution in [0, 0.1) is 20.8 Å². The van der Waals surface area contributed by atoms with Gasteiger partial charge in [-0.05, 0) is 32.9 Å². The lowest BCUT2D eigenvalue weighted by molar-refractivity contribution is -0.0508. The van der Waals surface area contributed by atoms with Gasteiger partial charge in [-0.2, -0.15) is 5.10 Å². The predicted molar refractivity (Wildman–Crippen MR) is 101 cm³/mol. The molecule has 4 heterocycles. The molecule has 0 amide bonds. The number of ether oxygens (including phenoxy) is 1. The maximum atomic E-state index is 6.10. The average molecular weight is 355 g/mol. The fraction of sp³-hybridized carbons (Fsp3) is 0.600. The second-order valence-corrected chi connectivity index (χ2v) is 7.68. The highest BCUT2D eigenvalue weighted by molar-refractivity contribution is 5.24. The van der Waals surface area contributed by atoms with Crippen molar-refractivity contribution in [2.75, 3.05) is 26.2 Å². The van der Waals surface area contributed by atoms with Crippen molar-refractivity contribution in [3.63, 3.8) is 0 Å². The van der Waals surface area contributed by atoms with Gasteiger partial charge in [-0.3, -0.25) is 19.5 Å². The number of rotatable bonds is 4. The standard InChI is InChI=1S/C20H29N5O/c1-14-6-5-7-17(21-14)10-25-8-9-26-20-13-24(12-19(20)25)11-18-15(2)22-23(4)16(18)3/h5-7,19-20H,8-13H2,1-4H3/t19-,20-/m0/s1. The van der Waals surface area contributed by atoms with Crippen LogP contribution in [0.2, 0.25) is 0 Å². The molecular formula is C20H29N5O. The van der Waals surface area contributed by atoms with Crippen molar-refractivity contribution in [3.8, 4) is 0 Å². The summed E-state index contributed by atoms with van der Waals surface area (Å²) in [7, 11) is 2.02. The summed E-state index contributed by atoms with van der Waals surface area (Å²) in [5, 5.41) is 4.56. The molecule has 2 aromatic rings. The van der Waals surface area contributed by atoms with Crippen LogP contribution in [0.25, 0.3) is 0 Å². The van der Waals surface area contributed by atoms with Gasteiger partial charge in [0.2, 0.25) is 0 Å². The van der Waals surface area contributed by atoms with Crippen molar-refractivity contribution in [2.24, 2.45) is 7.05 Å². The largest absolute Gasteiger partial charge is 0.374 e. The van der Waals surface area contributed by atoms with Gasteiger partial charge in [-0.25, -0.2) is 0 Å². The first-order valence-corrected chi connectivity index (χ1v) is 9.51. The maximum absolute atomic E-state index is 6.10. The number of likely N-dealkylation sites (tertiary alicyclic amines) is 1. The van der Waals surface area contributed by atoms with E-state index in [1.165, 1.54) is 11.3 Å². The third kappa shape index (κ3) is 3.41. The number of aromatic nitrogens is 3. The van der Waals surface area contributed by atoms with Crippen molar-refractivity contribution in [1.82, 2.24) is 24.6 Å².